The number of aromatic nitrogens is 2. The van der Waals surface area contributed by atoms with Crippen LogP contribution in [-0.2, 0) is 9.53 Å². The Hall–Kier alpha value is -2.47. The topological polar surface area (TPSA) is 58.6 Å². The fourth-order valence-corrected chi connectivity index (χ4v) is 3.38. The second kappa shape index (κ2) is 7.19. The van der Waals surface area contributed by atoms with Crippen LogP contribution in [-0.4, -0.2) is 60.2 Å². The van der Waals surface area contributed by atoms with Crippen molar-refractivity contribution in [2.45, 2.75) is 6.42 Å². The van der Waals surface area contributed by atoms with Gasteiger partial charge in [0.05, 0.1) is 18.2 Å². The van der Waals surface area contributed by atoms with Gasteiger partial charge in [0.1, 0.15) is 0 Å². The summed E-state index contributed by atoms with van der Waals surface area (Å²) in [5, 5.41) is 0. The van der Waals surface area contributed by atoms with E-state index >= 15 is 0 Å². The third kappa shape index (κ3) is 3.49. The normalized spacial score (nSPS) is 20.7. The molecule has 2 fully saturated rings. The lowest BCUT2D eigenvalue weighted by molar-refractivity contribution is -0.135. The Balaban J connectivity index is 1.42. The number of carbonyl (C=O) groups is 1. The molecule has 0 aliphatic carbocycles. The number of benzene rings is 1. The van der Waals surface area contributed by atoms with Gasteiger partial charge in [-0.1, -0.05) is 30.3 Å². The van der Waals surface area contributed by atoms with Crippen LogP contribution in [0.15, 0.2) is 42.6 Å². The molecule has 1 aromatic carbocycles. The van der Waals surface area contributed by atoms with Gasteiger partial charge in [-0.3, -0.25) is 4.79 Å². The molecule has 1 amide bonds. The maximum Gasteiger partial charge on any atom is 0.228 e. The Morgan fingerprint density at radius 3 is 2.60 bits per heavy atom. The Bertz CT molecular complexity index is 723. The lowest BCUT2D eigenvalue weighted by Gasteiger charge is -2.35. The van der Waals surface area contributed by atoms with Gasteiger partial charge in [0, 0.05) is 44.5 Å². The molecule has 6 nitrogen and oxygen atoms in total. The van der Waals surface area contributed by atoms with Crippen molar-refractivity contribution in [1.29, 1.82) is 0 Å². The van der Waals surface area contributed by atoms with Gasteiger partial charge in [0.15, 0.2) is 0 Å². The first-order valence-corrected chi connectivity index (χ1v) is 8.81. The fraction of sp³-hybridized carbons (Fsp3) is 0.421. The first-order chi connectivity index (χ1) is 12.3. The van der Waals surface area contributed by atoms with Crippen molar-refractivity contribution in [3.8, 4) is 11.3 Å². The fourth-order valence-electron chi connectivity index (χ4n) is 3.38. The van der Waals surface area contributed by atoms with Crippen LogP contribution in [0.25, 0.3) is 11.3 Å². The van der Waals surface area contributed by atoms with Gasteiger partial charge >= 0.3 is 0 Å². The van der Waals surface area contributed by atoms with Crippen LogP contribution in [0.3, 0.4) is 0 Å². The van der Waals surface area contributed by atoms with E-state index in [1.807, 2.05) is 41.3 Å². The maximum atomic E-state index is 12.5. The zero-order chi connectivity index (χ0) is 17.1. The molecule has 130 valence electrons. The molecule has 0 bridgehead atoms. The van der Waals surface area contributed by atoms with Crippen molar-refractivity contribution in [3.63, 3.8) is 0 Å². The van der Waals surface area contributed by atoms with Crippen LogP contribution in [0, 0.1) is 5.92 Å². The van der Waals surface area contributed by atoms with E-state index in [2.05, 4.69) is 9.88 Å². The Morgan fingerprint density at radius 1 is 1.08 bits per heavy atom. The molecule has 0 radical (unpaired) electrons. The largest absolute Gasteiger partial charge is 0.381 e. The maximum absolute atomic E-state index is 12.5. The van der Waals surface area contributed by atoms with E-state index in [9.17, 15) is 4.79 Å². The highest BCUT2D eigenvalue weighted by Gasteiger charge is 2.30. The van der Waals surface area contributed by atoms with Gasteiger partial charge < -0.3 is 14.5 Å². The van der Waals surface area contributed by atoms with Crippen LogP contribution in [0.2, 0.25) is 0 Å². The highest BCUT2D eigenvalue weighted by molar-refractivity contribution is 5.79. The van der Waals surface area contributed by atoms with E-state index in [0.29, 0.717) is 26.3 Å². The van der Waals surface area contributed by atoms with Crippen molar-refractivity contribution in [3.05, 3.63) is 42.6 Å². The molecule has 0 unspecified atom stereocenters. The van der Waals surface area contributed by atoms with E-state index < -0.39 is 0 Å². The summed E-state index contributed by atoms with van der Waals surface area (Å²) in [6, 6.07) is 12.0. The zero-order valence-electron chi connectivity index (χ0n) is 14.2. The van der Waals surface area contributed by atoms with Crippen molar-refractivity contribution in [1.82, 2.24) is 14.9 Å². The number of piperazine rings is 1. The molecule has 2 aromatic rings. The smallest absolute Gasteiger partial charge is 0.228 e. The molecule has 4 rings (SSSR count). The van der Waals surface area contributed by atoms with Crippen molar-refractivity contribution < 1.29 is 9.53 Å². The van der Waals surface area contributed by atoms with Crippen LogP contribution >= 0.6 is 0 Å². The average molecular weight is 338 g/mol. The second-order valence-electron chi connectivity index (χ2n) is 6.48. The molecule has 6 heteroatoms. The molecule has 2 saturated heterocycles. The summed E-state index contributed by atoms with van der Waals surface area (Å²) >= 11 is 0. The molecule has 25 heavy (non-hydrogen) atoms. The molecule has 0 spiro atoms. The first-order valence-electron chi connectivity index (χ1n) is 8.81. The highest BCUT2D eigenvalue weighted by Crippen LogP contribution is 2.21. The van der Waals surface area contributed by atoms with Crippen molar-refractivity contribution >= 4 is 11.9 Å². The predicted octanol–water partition coefficient (Wildman–Crippen LogP) is 1.83. The minimum absolute atomic E-state index is 0.0456. The molecule has 2 aliphatic heterocycles. The minimum Gasteiger partial charge on any atom is -0.381 e. The quantitative estimate of drug-likeness (QED) is 0.854. The van der Waals surface area contributed by atoms with Crippen LogP contribution < -0.4 is 4.90 Å². The van der Waals surface area contributed by atoms with Gasteiger partial charge in [-0.25, -0.2) is 9.97 Å². The standard InChI is InChI=1S/C19H22N4O2/c24-18(16-7-13-25-14-16)22-9-11-23(12-10-22)19-20-8-6-17(21-19)15-4-2-1-3-5-15/h1-6,8,16H,7,9-14H2/t16-/m0/s1. The van der Waals surface area contributed by atoms with E-state index in [1.165, 1.54) is 0 Å². The molecule has 0 N–H and O–H groups in total. The number of ether oxygens (including phenoxy) is 1. The predicted molar refractivity (Wildman–Crippen MR) is 95.2 cm³/mol. The first kappa shape index (κ1) is 16.0. The molecule has 0 saturated carbocycles. The van der Waals surface area contributed by atoms with E-state index in [0.717, 1.165) is 36.7 Å². The Morgan fingerprint density at radius 2 is 1.88 bits per heavy atom. The van der Waals surface area contributed by atoms with Crippen LogP contribution in [0.1, 0.15) is 6.42 Å². The summed E-state index contributed by atoms with van der Waals surface area (Å²) in [7, 11) is 0. The van der Waals surface area contributed by atoms with E-state index in [-0.39, 0.29) is 11.8 Å². The summed E-state index contributed by atoms with van der Waals surface area (Å²) in [5.41, 5.74) is 2.01. The number of nitrogens with zero attached hydrogens (tertiary/aromatic N) is 4. The van der Waals surface area contributed by atoms with Crippen LogP contribution in [0.4, 0.5) is 5.95 Å². The van der Waals surface area contributed by atoms with Crippen molar-refractivity contribution in [2.24, 2.45) is 5.92 Å². The van der Waals surface area contributed by atoms with Gasteiger partial charge in [-0.15, -0.1) is 0 Å². The molecule has 2 aliphatic rings. The number of rotatable bonds is 3. The lowest BCUT2D eigenvalue weighted by atomic mass is 10.1. The minimum atomic E-state index is 0.0456. The van der Waals surface area contributed by atoms with Gasteiger partial charge in [0.25, 0.3) is 0 Å². The van der Waals surface area contributed by atoms with Gasteiger partial charge in [-0.05, 0) is 12.5 Å². The second-order valence-corrected chi connectivity index (χ2v) is 6.48. The Labute approximate surface area is 147 Å². The Kier molecular flexibility index (Phi) is 4.61. The average Bonchev–Trinajstić information content (AvgIpc) is 3.23. The summed E-state index contributed by atoms with van der Waals surface area (Å²) in [6.45, 7) is 4.23. The highest BCUT2D eigenvalue weighted by atomic mass is 16.5. The summed E-state index contributed by atoms with van der Waals surface area (Å²) in [6.07, 6.45) is 2.65. The zero-order valence-corrected chi connectivity index (χ0v) is 14.2. The van der Waals surface area contributed by atoms with Crippen molar-refractivity contribution in [2.75, 3.05) is 44.3 Å². The number of hydrogen-bond donors (Lipinski definition) is 0. The number of anilines is 1. The number of amides is 1. The van der Waals surface area contributed by atoms with Crippen LogP contribution in [0.5, 0.6) is 0 Å². The number of carbonyl (C=O) groups excluding carboxylic acids is 1. The van der Waals surface area contributed by atoms with Gasteiger partial charge in [-0.2, -0.15) is 0 Å². The molecule has 1 aromatic heterocycles. The van der Waals surface area contributed by atoms with E-state index in [4.69, 9.17) is 9.72 Å². The molecule has 3 heterocycles. The molecular weight excluding hydrogens is 316 g/mol. The summed E-state index contributed by atoms with van der Waals surface area (Å²) in [5.74, 6) is 1.01. The number of hydrogen-bond acceptors (Lipinski definition) is 5. The summed E-state index contributed by atoms with van der Waals surface area (Å²) < 4.78 is 5.34. The summed E-state index contributed by atoms with van der Waals surface area (Å²) in [4.78, 5) is 25.7. The SMILES string of the molecule is O=C([C@H]1CCOC1)N1CCN(c2nccc(-c3ccccc3)n2)CC1. The third-order valence-electron chi connectivity index (χ3n) is 4.87. The molecule has 1 atom stereocenters. The van der Waals surface area contributed by atoms with Gasteiger partial charge in [0.2, 0.25) is 11.9 Å². The monoisotopic (exact) mass is 338 g/mol. The third-order valence-corrected chi connectivity index (χ3v) is 4.87. The lowest BCUT2D eigenvalue weighted by Crippen LogP contribution is -2.51. The molecular formula is C19H22N4O2. The van der Waals surface area contributed by atoms with E-state index in [1.54, 1.807) is 6.20 Å².